The first kappa shape index (κ1) is 19.6. The van der Waals surface area contributed by atoms with Gasteiger partial charge in [0.1, 0.15) is 5.75 Å². The van der Waals surface area contributed by atoms with E-state index in [1.54, 1.807) is 12.1 Å². The lowest BCUT2D eigenvalue weighted by Gasteiger charge is -2.09. The van der Waals surface area contributed by atoms with Gasteiger partial charge < -0.3 is 15.7 Å². The van der Waals surface area contributed by atoms with Gasteiger partial charge >= 0.3 is 12.2 Å². The first-order chi connectivity index (χ1) is 12.3. The Balaban J connectivity index is 1.60. The summed E-state index contributed by atoms with van der Waals surface area (Å²) in [6.45, 7) is 0.849. The monoisotopic (exact) mass is 366 g/mol. The van der Waals surface area contributed by atoms with Gasteiger partial charge in [-0.2, -0.15) is 13.2 Å². The number of carbonyl (C=O) groups excluding carboxylic acids is 1. The molecule has 0 unspecified atom stereocenters. The topological polar surface area (TPSA) is 61.4 Å². The lowest BCUT2D eigenvalue weighted by Crippen LogP contribution is -2.37. The summed E-state index contributed by atoms with van der Waals surface area (Å²) >= 11 is 0. The van der Waals surface area contributed by atoms with Gasteiger partial charge in [-0.15, -0.1) is 0 Å². The summed E-state index contributed by atoms with van der Waals surface area (Å²) in [5.74, 6) is 0.222. The molecule has 2 amide bonds. The van der Waals surface area contributed by atoms with E-state index in [1.807, 2.05) is 12.1 Å². The number of rotatable bonds is 7. The molecular formula is C19H21F3N2O2. The van der Waals surface area contributed by atoms with Crippen LogP contribution in [-0.4, -0.2) is 24.2 Å². The number of benzene rings is 2. The van der Waals surface area contributed by atoms with Crippen LogP contribution in [0.4, 0.5) is 18.0 Å². The number of aromatic hydroxyl groups is 1. The van der Waals surface area contributed by atoms with Crippen LogP contribution in [0.2, 0.25) is 0 Å². The van der Waals surface area contributed by atoms with Gasteiger partial charge in [0.15, 0.2) is 0 Å². The average Bonchev–Trinajstić information content (AvgIpc) is 2.60. The molecule has 0 fully saturated rings. The number of aryl methyl sites for hydroxylation is 1. The molecule has 3 N–H and O–H groups in total. The van der Waals surface area contributed by atoms with Crippen molar-refractivity contribution in [1.29, 1.82) is 0 Å². The van der Waals surface area contributed by atoms with Crippen molar-refractivity contribution >= 4 is 6.03 Å². The Labute approximate surface area is 150 Å². The van der Waals surface area contributed by atoms with Gasteiger partial charge in [0, 0.05) is 13.1 Å². The molecule has 7 heteroatoms. The molecule has 0 aliphatic heterocycles. The lowest BCUT2D eigenvalue weighted by atomic mass is 10.1. The smallest absolute Gasteiger partial charge is 0.416 e. The van der Waals surface area contributed by atoms with Gasteiger partial charge in [-0.25, -0.2) is 4.79 Å². The molecule has 2 rings (SSSR count). The number of hydrogen-bond donors (Lipinski definition) is 3. The number of nitrogens with one attached hydrogen (secondary N) is 2. The van der Waals surface area contributed by atoms with Crippen LogP contribution < -0.4 is 10.6 Å². The van der Waals surface area contributed by atoms with Gasteiger partial charge in [0.05, 0.1) is 5.56 Å². The van der Waals surface area contributed by atoms with E-state index in [4.69, 9.17) is 0 Å². The van der Waals surface area contributed by atoms with Crippen molar-refractivity contribution in [2.45, 2.75) is 25.4 Å². The van der Waals surface area contributed by atoms with E-state index in [2.05, 4.69) is 10.6 Å². The van der Waals surface area contributed by atoms with Crippen LogP contribution in [0.1, 0.15) is 23.1 Å². The van der Waals surface area contributed by atoms with Gasteiger partial charge in [0.25, 0.3) is 0 Å². The van der Waals surface area contributed by atoms with Crippen molar-refractivity contribution in [2.75, 3.05) is 13.1 Å². The van der Waals surface area contributed by atoms with Crippen molar-refractivity contribution in [1.82, 2.24) is 10.6 Å². The number of halogens is 3. The zero-order valence-corrected chi connectivity index (χ0v) is 14.1. The van der Waals surface area contributed by atoms with Crippen molar-refractivity contribution in [3.05, 3.63) is 65.2 Å². The second-order valence-electron chi connectivity index (χ2n) is 5.90. The van der Waals surface area contributed by atoms with Crippen LogP contribution >= 0.6 is 0 Å². The fourth-order valence-corrected chi connectivity index (χ4v) is 2.40. The molecule has 0 spiro atoms. The van der Waals surface area contributed by atoms with Gasteiger partial charge in [-0.05, 0) is 54.7 Å². The molecule has 0 aromatic heterocycles. The number of alkyl halides is 3. The summed E-state index contributed by atoms with van der Waals surface area (Å²) in [6.07, 6.45) is -2.33. The van der Waals surface area contributed by atoms with Crippen LogP contribution in [0.25, 0.3) is 0 Å². The summed E-state index contributed by atoms with van der Waals surface area (Å²) in [4.78, 5) is 11.7. The Morgan fingerprint density at radius 3 is 2.00 bits per heavy atom. The highest BCUT2D eigenvalue weighted by atomic mass is 19.4. The molecule has 2 aromatic carbocycles. The second kappa shape index (κ2) is 9.12. The number of hydrogen-bond acceptors (Lipinski definition) is 2. The highest BCUT2D eigenvalue weighted by molar-refractivity contribution is 5.73. The molecule has 0 aliphatic carbocycles. The maximum atomic E-state index is 12.5. The first-order valence-electron chi connectivity index (χ1n) is 8.30. The molecule has 0 saturated heterocycles. The maximum absolute atomic E-state index is 12.5. The summed E-state index contributed by atoms with van der Waals surface area (Å²) < 4.78 is 37.4. The molecule has 140 valence electrons. The van der Waals surface area contributed by atoms with E-state index in [0.29, 0.717) is 19.5 Å². The number of carbonyl (C=O) groups is 1. The van der Waals surface area contributed by atoms with Crippen molar-refractivity contribution in [3.8, 4) is 5.75 Å². The fourth-order valence-electron chi connectivity index (χ4n) is 2.40. The zero-order valence-electron chi connectivity index (χ0n) is 14.1. The minimum atomic E-state index is -4.34. The maximum Gasteiger partial charge on any atom is 0.416 e. The van der Waals surface area contributed by atoms with Crippen LogP contribution in [0.3, 0.4) is 0 Å². The van der Waals surface area contributed by atoms with E-state index in [1.165, 1.54) is 12.1 Å². The molecule has 0 atom stereocenters. The van der Waals surface area contributed by atoms with E-state index in [0.717, 1.165) is 36.1 Å². The predicted octanol–water partition coefficient (Wildman–Crippen LogP) is 3.89. The number of urea groups is 1. The van der Waals surface area contributed by atoms with Crippen LogP contribution in [-0.2, 0) is 19.0 Å². The summed E-state index contributed by atoms with van der Waals surface area (Å²) in [5, 5.41) is 14.6. The molecule has 0 aliphatic rings. The van der Waals surface area contributed by atoms with Crippen molar-refractivity contribution in [3.63, 3.8) is 0 Å². The van der Waals surface area contributed by atoms with Gasteiger partial charge in [0.2, 0.25) is 0 Å². The zero-order chi connectivity index (χ0) is 19.0. The van der Waals surface area contributed by atoms with Crippen molar-refractivity contribution < 1.29 is 23.1 Å². The lowest BCUT2D eigenvalue weighted by molar-refractivity contribution is -0.137. The SMILES string of the molecule is O=C(NCCCc1ccc(O)cc1)NCCc1ccc(C(F)(F)F)cc1. The minimum absolute atomic E-state index is 0.222. The largest absolute Gasteiger partial charge is 0.508 e. The average molecular weight is 366 g/mol. The standard InChI is InChI=1S/C19H21F3N2O2/c20-19(21,22)16-7-3-15(4-8-16)11-13-24-18(26)23-12-1-2-14-5-9-17(25)10-6-14/h3-10,25H,1-2,11-13H2,(H2,23,24,26). The number of phenolic OH excluding ortho intramolecular Hbond substituents is 1. The molecule has 4 nitrogen and oxygen atoms in total. The fraction of sp³-hybridized carbons (Fsp3) is 0.316. The summed E-state index contributed by atoms with van der Waals surface area (Å²) in [6, 6.07) is 11.5. The van der Waals surface area contributed by atoms with E-state index >= 15 is 0 Å². The number of amides is 2. The highest BCUT2D eigenvalue weighted by Gasteiger charge is 2.29. The third-order valence-electron chi connectivity index (χ3n) is 3.84. The molecular weight excluding hydrogens is 345 g/mol. The molecule has 0 saturated carbocycles. The van der Waals surface area contributed by atoms with Crippen LogP contribution in [0, 0.1) is 0 Å². The summed E-state index contributed by atoms with van der Waals surface area (Å²) in [7, 11) is 0. The second-order valence-corrected chi connectivity index (χ2v) is 5.90. The highest BCUT2D eigenvalue weighted by Crippen LogP contribution is 2.29. The minimum Gasteiger partial charge on any atom is -0.508 e. The normalized spacial score (nSPS) is 11.2. The van der Waals surface area contributed by atoms with Gasteiger partial charge in [-0.1, -0.05) is 24.3 Å². The first-order valence-corrected chi connectivity index (χ1v) is 8.30. The number of phenols is 1. The van der Waals surface area contributed by atoms with E-state index in [-0.39, 0.29) is 11.8 Å². The summed E-state index contributed by atoms with van der Waals surface area (Å²) in [5.41, 5.74) is 1.12. The van der Waals surface area contributed by atoms with Gasteiger partial charge in [-0.3, -0.25) is 0 Å². The molecule has 0 heterocycles. The Kier molecular flexibility index (Phi) is 6.89. The Morgan fingerprint density at radius 2 is 1.38 bits per heavy atom. The third-order valence-corrected chi connectivity index (χ3v) is 3.84. The quantitative estimate of drug-likeness (QED) is 0.651. The molecule has 2 aromatic rings. The van der Waals surface area contributed by atoms with Crippen molar-refractivity contribution in [2.24, 2.45) is 0 Å². The molecule has 26 heavy (non-hydrogen) atoms. The Bertz CT molecular complexity index is 698. The Morgan fingerprint density at radius 1 is 0.846 bits per heavy atom. The van der Waals surface area contributed by atoms with Crippen LogP contribution in [0.15, 0.2) is 48.5 Å². The Hall–Kier alpha value is -2.70. The predicted molar refractivity (Wildman–Crippen MR) is 93.0 cm³/mol. The molecule has 0 radical (unpaired) electrons. The van der Waals surface area contributed by atoms with E-state index < -0.39 is 11.7 Å². The van der Waals surface area contributed by atoms with E-state index in [9.17, 15) is 23.1 Å². The molecule has 0 bridgehead atoms. The van der Waals surface area contributed by atoms with Crippen LogP contribution in [0.5, 0.6) is 5.75 Å². The third kappa shape index (κ3) is 6.66.